The number of nitrogens with zero attached hydrogens (tertiary/aromatic N) is 2. The normalized spacial score (nSPS) is 11.6. The van der Waals surface area contributed by atoms with Gasteiger partial charge in [-0.15, -0.1) is 11.6 Å². The van der Waals surface area contributed by atoms with Gasteiger partial charge >= 0.3 is 0 Å². The summed E-state index contributed by atoms with van der Waals surface area (Å²) in [6.07, 6.45) is 0. The van der Waals surface area contributed by atoms with Crippen LogP contribution in [0.2, 0.25) is 0 Å². The Kier molecular flexibility index (Phi) is 2.89. The zero-order valence-electron chi connectivity index (χ0n) is 9.59. The molecule has 0 aliphatic rings. The lowest BCUT2D eigenvalue weighted by Gasteiger charge is -2.11. The fourth-order valence-electron chi connectivity index (χ4n) is 1.94. The van der Waals surface area contributed by atoms with Crippen molar-refractivity contribution in [3.63, 3.8) is 0 Å². The quantitative estimate of drug-likeness (QED) is 0.730. The van der Waals surface area contributed by atoms with Gasteiger partial charge in [0.15, 0.2) is 0 Å². The lowest BCUT2D eigenvalue weighted by Crippen LogP contribution is -2.04. The van der Waals surface area contributed by atoms with E-state index in [1.54, 1.807) is 6.92 Å². The smallest absolute Gasteiger partial charge is 0.128 e. The van der Waals surface area contributed by atoms with Crippen LogP contribution in [0.25, 0.3) is 11.0 Å². The fraction of sp³-hybridized carbons (Fsp3) is 0.417. The van der Waals surface area contributed by atoms with Crippen molar-refractivity contribution in [3.05, 3.63) is 29.3 Å². The molecule has 0 unspecified atom stereocenters. The number of aryl methyl sites for hydroxylation is 1. The van der Waals surface area contributed by atoms with Crippen LogP contribution < -0.4 is 0 Å². The Hall–Kier alpha value is -1.09. The zero-order chi connectivity index (χ0) is 11.9. The summed E-state index contributed by atoms with van der Waals surface area (Å²) in [6.45, 7) is 5.89. The molecule has 2 aromatic rings. The summed E-state index contributed by atoms with van der Waals surface area (Å²) in [5.74, 6) is 0.909. The molecule has 0 amide bonds. The van der Waals surface area contributed by atoms with Crippen molar-refractivity contribution < 1.29 is 4.39 Å². The Balaban J connectivity index is 2.79. The molecule has 0 fully saturated rings. The molecule has 0 spiro atoms. The van der Waals surface area contributed by atoms with Crippen molar-refractivity contribution in [1.82, 2.24) is 9.55 Å². The van der Waals surface area contributed by atoms with E-state index in [4.69, 9.17) is 11.6 Å². The highest BCUT2D eigenvalue weighted by Gasteiger charge is 2.14. The molecule has 0 aliphatic carbocycles. The molecule has 0 radical (unpaired) electrons. The average molecular weight is 241 g/mol. The maximum Gasteiger partial charge on any atom is 0.128 e. The first-order valence-corrected chi connectivity index (χ1v) is 5.81. The number of benzene rings is 1. The summed E-state index contributed by atoms with van der Waals surface area (Å²) in [4.78, 5) is 4.35. The van der Waals surface area contributed by atoms with Gasteiger partial charge < -0.3 is 4.57 Å². The van der Waals surface area contributed by atoms with Crippen molar-refractivity contribution in [2.24, 2.45) is 0 Å². The van der Waals surface area contributed by atoms with E-state index in [9.17, 15) is 4.39 Å². The molecule has 0 bridgehead atoms. The summed E-state index contributed by atoms with van der Waals surface area (Å²) in [7, 11) is 0. The summed E-state index contributed by atoms with van der Waals surface area (Å²) in [6, 6.07) is 3.57. The third-order valence-corrected chi connectivity index (χ3v) is 2.92. The second-order valence-corrected chi connectivity index (χ2v) is 4.48. The second-order valence-electron chi connectivity index (χ2n) is 4.22. The highest BCUT2D eigenvalue weighted by atomic mass is 35.5. The van der Waals surface area contributed by atoms with Gasteiger partial charge in [-0.3, -0.25) is 0 Å². The van der Waals surface area contributed by atoms with Gasteiger partial charge in [0, 0.05) is 12.1 Å². The van der Waals surface area contributed by atoms with Crippen LogP contribution in [0.15, 0.2) is 12.1 Å². The fourth-order valence-corrected chi connectivity index (χ4v) is 2.13. The highest BCUT2D eigenvalue weighted by Crippen LogP contribution is 2.24. The lowest BCUT2D eigenvalue weighted by molar-refractivity contribution is 0.595. The van der Waals surface area contributed by atoms with Gasteiger partial charge in [0.05, 0.1) is 16.9 Å². The van der Waals surface area contributed by atoms with Crippen molar-refractivity contribution in [1.29, 1.82) is 0 Å². The number of hydrogen-bond donors (Lipinski definition) is 0. The van der Waals surface area contributed by atoms with Crippen LogP contribution in [-0.2, 0) is 5.88 Å². The molecule has 0 saturated carbocycles. The number of rotatable bonds is 2. The van der Waals surface area contributed by atoms with Gasteiger partial charge in [0.25, 0.3) is 0 Å². The van der Waals surface area contributed by atoms with E-state index in [1.165, 1.54) is 6.07 Å². The first-order valence-electron chi connectivity index (χ1n) is 5.27. The standard InChI is InChI=1S/C12H14ClFN2/c1-7(2)16-11-4-8(3)9(14)5-10(11)15-12(16)6-13/h4-5,7H,6H2,1-3H3. The van der Waals surface area contributed by atoms with Crippen molar-refractivity contribution in [3.8, 4) is 0 Å². The van der Waals surface area contributed by atoms with Crippen molar-refractivity contribution in [2.45, 2.75) is 32.7 Å². The molecule has 2 rings (SSSR count). The SMILES string of the molecule is Cc1cc2c(cc1F)nc(CCl)n2C(C)C. The number of alkyl halides is 1. The molecule has 86 valence electrons. The highest BCUT2D eigenvalue weighted by molar-refractivity contribution is 6.16. The number of hydrogen-bond acceptors (Lipinski definition) is 1. The topological polar surface area (TPSA) is 17.8 Å². The minimum Gasteiger partial charge on any atom is -0.324 e. The Labute approximate surface area is 99.0 Å². The summed E-state index contributed by atoms with van der Waals surface area (Å²) in [5.41, 5.74) is 2.26. The third-order valence-electron chi connectivity index (χ3n) is 2.68. The molecule has 0 saturated heterocycles. The summed E-state index contributed by atoms with van der Waals surface area (Å²) < 4.78 is 15.5. The van der Waals surface area contributed by atoms with E-state index in [1.807, 2.05) is 6.07 Å². The minimum absolute atomic E-state index is 0.220. The Bertz CT molecular complexity index is 531. The van der Waals surface area contributed by atoms with E-state index in [0.717, 1.165) is 11.3 Å². The van der Waals surface area contributed by atoms with Crippen LogP contribution in [0.4, 0.5) is 4.39 Å². The maximum absolute atomic E-state index is 13.4. The second kappa shape index (κ2) is 4.06. The largest absolute Gasteiger partial charge is 0.324 e. The van der Waals surface area contributed by atoms with Gasteiger partial charge in [-0.1, -0.05) is 0 Å². The van der Waals surface area contributed by atoms with Crippen LogP contribution in [0.5, 0.6) is 0 Å². The third kappa shape index (κ3) is 1.69. The van der Waals surface area contributed by atoms with Gasteiger partial charge in [0.2, 0.25) is 0 Å². The van der Waals surface area contributed by atoms with Gasteiger partial charge in [0.1, 0.15) is 11.6 Å². The minimum atomic E-state index is -0.220. The zero-order valence-corrected chi connectivity index (χ0v) is 10.3. The number of fused-ring (bicyclic) bond motifs is 1. The Morgan fingerprint density at radius 1 is 1.44 bits per heavy atom. The van der Waals surface area contributed by atoms with Crippen molar-refractivity contribution in [2.75, 3.05) is 0 Å². The van der Waals surface area contributed by atoms with Crippen LogP contribution in [0.1, 0.15) is 31.3 Å². The van der Waals surface area contributed by atoms with E-state index in [0.29, 0.717) is 17.0 Å². The predicted molar refractivity (Wildman–Crippen MR) is 64.4 cm³/mol. The molecule has 0 atom stereocenters. The Morgan fingerprint density at radius 2 is 2.12 bits per heavy atom. The number of halogens is 2. The van der Waals surface area contributed by atoms with Crippen molar-refractivity contribution >= 4 is 22.6 Å². The molecule has 0 N–H and O–H groups in total. The molecule has 4 heteroatoms. The maximum atomic E-state index is 13.4. The summed E-state index contributed by atoms with van der Waals surface area (Å²) in [5, 5.41) is 0. The molecule has 16 heavy (non-hydrogen) atoms. The monoisotopic (exact) mass is 240 g/mol. The number of aromatic nitrogens is 2. The summed E-state index contributed by atoms with van der Waals surface area (Å²) >= 11 is 5.85. The van der Waals surface area contributed by atoms with Gasteiger partial charge in [-0.2, -0.15) is 0 Å². The van der Waals surface area contributed by atoms with E-state index >= 15 is 0 Å². The molecule has 2 nitrogen and oxygen atoms in total. The van der Waals surface area contributed by atoms with Gasteiger partial charge in [-0.05, 0) is 32.4 Å². The van der Waals surface area contributed by atoms with Gasteiger partial charge in [-0.25, -0.2) is 9.37 Å². The van der Waals surface area contributed by atoms with E-state index < -0.39 is 0 Å². The predicted octanol–water partition coefficient (Wildman–Crippen LogP) is 3.80. The number of imidazole rings is 1. The molecule has 0 aliphatic heterocycles. The van der Waals surface area contributed by atoms with Crippen LogP contribution in [-0.4, -0.2) is 9.55 Å². The van der Waals surface area contributed by atoms with Crippen LogP contribution in [0, 0.1) is 12.7 Å². The molecular weight excluding hydrogens is 227 g/mol. The van der Waals surface area contributed by atoms with Crippen LogP contribution in [0.3, 0.4) is 0 Å². The first-order chi connectivity index (χ1) is 7.54. The molecular formula is C12H14ClFN2. The molecule has 1 heterocycles. The Morgan fingerprint density at radius 3 is 2.69 bits per heavy atom. The first kappa shape index (κ1) is 11.4. The van der Waals surface area contributed by atoms with E-state index in [-0.39, 0.29) is 11.9 Å². The molecule has 1 aromatic heterocycles. The lowest BCUT2D eigenvalue weighted by atomic mass is 10.2. The average Bonchev–Trinajstić information content (AvgIpc) is 2.56. The van der Waals surface area contributed by atoms with E-state index in [2.05, 4.69) is 23.4 Å². The molecule has 1 aromatic carbocycles. The van der Waals surface area contributed by atoms with Crippen LogP contribution >= 0.6 is 11.6 Å².